The molecule has 0 aromatic heterocycles. The van der Waals surface area contributed by atoms with Crippen molar-refractivity contribution in [2.45, 2.75) is 77.2 Å². The van der Waals surface area contributed by atoms with Crippen molar-refractivity contribution in [2.75, 3.05) is 19.8 Å². The number of nitrogens with zero attached hydrogens (tertiary/aromatic N) is 1. The lowest BCUT2D eigenvalue weighted by Gasteiger charge is -2.12. The number of alkyl halides is 3. The number of benzene rings is 1. The van der Waals surface area contributed by atoms with E-state index in [1.54, 1.807) is 0 Å². The minimum absolute atomic E-state index is 0.207. The zero-order valence-corrected chi connectivity index (χ0v) is 23.3. The number of aliphatic hydroxyl groups is 1. The summed E-state index contributed by atoms with van der Waals surface area (Å²) in [6, 6.07) is 4.88. The maximum atomic E-state index is 12.5. The van der Waals surface area contributed by atoms with Gasteiger partial charge in [0.2, 0.25) is 5.91 Å². The van der Waals surface area contributed by atoms with Crippen molar-refractivity contribution in [1.29, 1.82) is 0 Å². The lowest BCUT2D eigenvalue weighted by atomic mass is 10.1. The number of ether oxygens (including phenoxy) is 2. The predicted molar refractivity (Wildman–Crippen MR) is 144 cm³/mol. The fourth-order valence-corrected chi connectivity index (χ4v) is 3.74. The highest BCUT2D eigenvalue weighted by molar-refractivity contribution is 5.81. The van der Waals surface area contributed by atoms with Gasteiger partial charge in [0, 0.05) is 12.3 Å². The lowest BCUT2D eigenvalue weighted by molar-refractivity contribution is -0.759. The molecule has 0 heterocycles. The van der Waals surface area contributed by atoms with Crippen molar-refractivity contribution in [3.05, 3.63) is 64.2 Å². The first-order chi connectivity index (χ1) is 19.4. The Labute approximate surface area is 237 Å². The molecule has 3 atom stereocenters. The van der Waals surface area contributed by atoms with Crippen LogP contribution in [0.1, 0.15) is 64.4 Å². The van der Waals surface area contributed by atoms with E-state index in [9.17, 15) is 38.0 Å². The number of rotatable bonds is 15. The van der Waals surface area contributed by atoms with Gasteiger partial charge in [0.25, 0.3) is 5.09 Å². The van der Waals surface area contributed by atoms with Crippen LogP contribution in [0.4, 0.5) is 13.2 Å². The molecule has 2 N–H and O–H groups in total. The van der Waals surface area contributed by atoms with Gasteiger partial charge in [0.15, 0.2) is 0 Å². The summed E-state index contributed by atoms with van der Waals surface area (Å²) in [7, 11) is 0. The van der Waals surface area contributed by atoms with Crippen LogP contribution >= 0.6 is 0 Å². The molecule has 1 aliphatic rings. The quantitative estimate of drug-likeness (QED) is 0.0940. The summed E-state index contributed by atoms with van der Waals surface area (Å²) in [4.78, 5) is 36.6. The number of unbranched alkanes of at least 4 members (excludes halogenated alkanes) is 1. The Morgan fingerprint density at radius 1 is 1.24 bits per heavy atom. The number of halogens is 3. The maximum absolute atomic E-state index is 12.5. The van der Waals surface area contributed by atoms with Crippen LogP contribution in [0.15, 0.2) is 48.6 Å². The molecule has 0 bridgehead atoms. The van der Waals surface area contributed by atoms with Gasteiger partial charge in [-0.3, -0.25) is 9.59 Å². The first kappa shape index (κ1) is 35.4. The van der Waals surface area contributed by atoms with E-state index in [0.717, 1.165) is 37.8 Å². The van der Waals surface area contributed by atoms with Crippen molar-refractivity contribution in [2.24, 2.45) is 5.92 Å². The molecular formula is C28H39F3N2O8. The van der Waals surface area contributed by atoms with E-state index in [0.29, 0.717) is 25.9 Å². The second kappa shape index (κ2) is 19.5. The molecule has 0 spiro atoms. The van der Waals surface area contributed by atoms with Crippen molar-refractivity contribution in [3.63, 3.8) is 0 Å². The number of allylic oxidation sites excluding steroid dienone is 2. The number of hydrogen-bond acceptors (Lipinski definition) is 8. The van der Waals surface area contributed by atoms with Crippen LogP contribution in [0.2, 0.25) is 0 Å². The number of carbonyl (C=O) groups is 2. The van der Waals surface area contributed by atoms with Crippen LogP contribution in [0.3, 0.4) is 0 Å². The molecule has 1 aromatic carbocycles. The van der Waals surface area contributed by atoms with Gasteiger partial charge in [0.1, 0.15) is 25.0 Å². The predicted octanol–water partition coefficient (Wildman–Crippen LogP) is 5.18. The highest BCUT2D eigenvalue weighted by Crippen LogP contribution is 2.31. The van der Waals surface area contributed by atoms with Crippen molar-refractivity contribution in [3.8, 4) is 5.75 Å². The number of carbonyl (C=O) groups excluding carboxylic acids is 2. The third-order valence-corrected chi connectivity index (χ3v) is 5.82. The van der Waals surface area contributed by atoms with Gasteiger partial charge in [-0.15, -0.1) is 10.1 Å². The lowest BCUT2D eigenvalue weighted by Crippen LogP contribution is -2.33. The fourth-order valence-electron chi connectivity index (χ4n) is 3.74. The Balaban J connectivity index is 0.000000411. The molecule has 1 aliphatic carbocycles. The summed E-state index contributed by atoms with van der Waals surface area (Å²) in [5.41, 5.74) is -0.704. The standard InChI is InChI=1S/C16H19F3O2.C12H20N2O6/c17-16(18,19)13-7-4-8-14(11-13)21-10-2-1-5-12-6-3-9-15(12)20;1-3-4-5-6-7-11(15)13-8-12(16)20-10(2)9-19-14(17)18/h1,4-5,7-8,11-12,15,20H,2-3,6,9-10H2;3-4,10H,5-9H2,1-2H3,(H,13,15)/b5-1+;4-3-. The summed E-state index contributed by atoms with van der Waals surface area (Å²) in [6.45, 7) is 3.09. The normalized spacial score (nSPS) is 17.5. The molecule has 3 unspecified atom stereocenters. The van der Waals surface area contributed by atoms with Gasteiger partial charge in [-0.1, -0.05) is 36.8 Å². The molecule has 0 aliphatic heterocycles. The van der Waals surface area contributed by atoms with Crippen LogP contribution in [-0.4, -0.2) is 54.0 Å². The number of nitrogens with one attached hydrogen (secondary N) is 1. The minimum Gasteiger partial charge on any atom is -0.493 e. The smallest absolute Gasteiger partial charge is 0.416 e. The van der Waals surface area contributed by atoms with E-state index >= 15 is 0 Å². The van der Waals surface area contributed by atoms with Crippen LogP contribution in [0.25, 0.3) is 0 Å². The summed E-state index contributed by atoms with van der Waals surface area (Å²) < 4.78 is 47.7. The molecule has 0 saturated heterocycles. The molecule has 1 fully saturated rings. The van der Waals surface area contributed by atoms with Crippen molar-refractivity contribution < 1.29 is 47.3 Å². The second-order valence-electron chi connectivity index (χ2n) is 9.31. The summed E-state index contributed by atoms with van der Waals surface area (Å²) in [6.07, 6.45) is 7.74. The molecule has 10 nitrogen and oxygen atoms in total. The van der Waals surface area contributed by atoms with Gasteiger partial charge >= 0.3 is 12.1 Å². The molecule has 0 radical (unpaired) electrons. The third kappa shape index (κ3) is 16.9. The molecule has 41 heavy (non-hydrogen) atoms. The third-order valence-electron chi connectivity index (χ3n) is 5.82. The van der Waals surface area contributed by atoms with Gasteiger partial charge in [-0.25, -0.2) is 0 Å². The highest BCUT2D eigenvalue weighted by atomic mass is 19.4. The fraction of sp³-hybridized carbons (Fsp3) is 0.571. The molecule has 13 heteroatoms. The number of esters is 1. The van der Waals surface area contributed by atoms with E-state index in [1.807, 2.05) is 31.2 Å². The van der Waals surface area contributed by atoms with E-state index in [2.05, 4.69) is 10.2 Å². The van der Waals surface area contributed by atoms with E-state index in [1.165, 1.54) is 19.1 Å². The zero-order chi connectivity index (χ0) is 30.7. The summed E-state index contributed by atoms with van der Waals surface area (Å²) in [5.74, 6) is -0.468. The Morgan fingerprint density at radius 2 is 2.00 bits per heavy atom. The van der Waals surface area contributed by atoms with Crippen LogP contribution in [-0.2, 0) is 25.3 Å². The van der Waals surface area contributed by atoms with Crippen LogP contribution in [0.5, 0.6) is 5.75 Å². The van der Waals surface area contributed by atoms with Crippen LogP contribution < -0.4 is 10.1 Å². The Hall–Kier alpha value is -3.61. The topological polar surface area (TPSA) is 137 Å². The second-order valence-corrected chi connectivity index (χ2v) is 9.31. The Kier molecular flexibility index (Phi) is 16.8. The van der Waals surface area contributed by atoms with Crippen LogP contribution in [0, 0.1) is 16.0 Å². The molecule has 1 saturated carbocycles. The van der Waals surface area contributed by atoms with E-state index in [-0.39, 0.29) is 36.8 Å². The van der Waals surface area contributed by atoms with Gasteiger partial charge in [-0.05, 0) is 64.2 Å². The van der Waals surface area contributed by atoms with Crippen molar-refractivity contribution >= 4 is 11.9 Å². The summed E-state index contributed by atoms with van der Waals surface area (Å²) >= 11 is 0. The maximum Gasteiger partial charge on any atom is 0.416 e. The molecule has 230 valence electrons. The Morgan fingerprint density at radius 3 is 2.63 bits per heavy atom. The minimum atomic E-state index is -4.35. The molecule has 2 rings (SSSR count). The molecular weight excluding hydrogens is 549 g/mol. The first-order valence-electron chi connectivity index (χ1n) is 13.4. The largest absolute Gasteiger partial charge is 0.493 e. The Bertz CT molecular complexity index is 1000. The van der Waals surface area contributed by atoms with E-state index in [4.69, 9.17) is 9.47 Å². The van der Waals surface area contributed by atoms with Gasteiger partial charge < -0.3 is 24.7 Å². The van der Waals surface area contributed by atoms with Gasteiger partial charge in [-0.2, -0.15) is 13.2 Å². The average Bonchev–Trinajstić information content (AvgIpc) is 3.33. The number of hydrogen-bond donors (Lipinski definition) is 2. The zero-order valence-electron chi connectivity index (χ0n) is 23.3. The average molecular weight is 589 g/mol. The van der Waals surface area contributed by atoms with Crippen molar-refractivity contribution in [1.82, 2.24) is 5.32 Å². The SMILES string of the molecule is C/C=C\CCCC(=O)NCC(=O)OC(C)CO[N+](=O)[O-].OC1CCCC1/C=C/CCOc1cccc(C(F)(F)F)c1. The molecule has 1 amide bonds. The van der Waals surface area contributed by atoms with Gasteiger partial charge in [0.05, 0.1) is 18.3 Å². The first-order valence-corrected chi connectivity index (χ1v) is 13.4. The molecule has 1 aromatic rings. The number of aliphatic hydroxyl groups excluding tert-OH is 1. The number of amides is 1. The van der Waals surface area contributed by atoms with E-state index < -0.39 is 28.9 Å². The highest BCUT2D eigenvalue weighted by Gasteiger charge is 2.30. The monoisotopic (exact) mass is 588 g/mol. The summed E-state index contributed by atoms with van der Waals surface area (Å²) in [5, 5.41) is 21.0.